The Bertz CT molecular complexity index is 971. The molecule has 0 aliphatic heterocycles. The number of unbranched alkanes of at least 4 members (excludes halogenated alkanes) is 9. The third-order valence-electron chi connectivity index (χ3n) is 6.51. The van der Waals surface area contributed by atoms with Crippen LogP contribution in [0.25, 0.3) is 10.8 Å². The van der Waals surface area contributed by atoms with Crippen molar-refractivity contribution in [1.82, 2.24) is 5.32 Å². The summed E-state index contributed by atoms with van der Waals surface area (Å²) in [6.07, 6.45) is 13.9. The van der Waals surface area contributed by atoms with E-state index in [-0.39, 0.29) is 5.82 Å². The molecule has 0 amide bonds. The van der Waals surface area contributed by atoms with E-state index in [1.807, 2.05) is 12.1 Å². The zero-order valence-electron chi connectivity index (χ0n) is 20.9. The summed E-state index contributed by atoms with van der Waals surface area (Å²) in [6.45, 7) is 4.29. The van der Waals surface area contributed by atoms with Gasteiger partial charge in [-0.1, -0.05) is 113 Å². The van der Waals surface area contributed by atoms with Crippen molar-refractivity contribution < 1.29 is 9.13 Å². The number of fused-ring (bicyclic) bond motifs is 1. The summed E-state index contributed by atoms with van der Waals surface area (Å²) in [5.41, 5.74) is 1.92. The van der Waals surface area contributed by atoms with Gasteiger partial charge in [-0.3, -0.25) is 0 Å². The van der Waals surface area contributed by atoms with Crippen molar-refractivity contribution in [2.45, 2.75) is 84.1 Å². The molecule has 0 heterocycles. The van der Waals surface area contributed by atoms with E-state index in [0.717, 1.165) is 29.7 Å². The molecule has 0 aliphatic carbocycles. The fourth-order valence-electron chi connectivity index (χ4n) is 4.47. The Labute approximate surface area is 205 Å². The standard InChI is InChI=1S/C31H41FNO/c1-2-3-4-5-6-7-8-9-10-15-24-34-31-21-20-27(28-17-12-13-18-29(28)31)25-33-23-22-26-16-11-14-19-30(26)32/h11-14,16-21H,2-10,15,22-25H2,1H3. The fourth-order valence-corrected chi connectivity index (χ4v) is 4.47. The highest BCUT2D eigenvalue weighted by molar-refractivity contribution is 5.91. The van der Waals surface area contributed by atoms with E-state index in [2.05, 4.69) is 48.6 Å². The maximum Gasteiger partial charge on any atom is 0.127 e. The van der Waals surface area contributed by atoms with Crippen LogP contribution in [0.5, 0.6) is 5.75 Å². The zero-order valence-corrected chi connectivity index (χ0v) is 20.9. The first kappa shape index (κ1) is 26.2. The van der Waals surface area contributed by atoms with Gasteiger partial charge >= 0.3 is 0 Å². The maximum absolute atomic E-state index is 13.8. The Morgan fingerprint density at radius 3 is 2.06 bits per heavy atom. The van der Waals surface area contributed by atoms with Crippen LogP contribution in [-0.2, 0) is 13.0 Å². The van der Waals surface area contributed by atoms with E-state index < -0.39 is 0 Å². The van der Waals surface area contributed by atoms with Crippen LogP contribution in [0.15, 0.2) is 60.7 Å². The van der Waals surface area contributed by atoms with Gasteiger partial charge in [0.05, 0.1) is 6.61 Å². The Morgan fingerprint density at radius 1 is 0.676 bits per heavy atom. The zero-order chi connectivity index (χ0) is 23.8. The number of hydrogen-bond donors (Lipinski definition) is 0. The van der Waals surface area contributed by atoms with E-state index in [0.29, 0.717) is 19.5 Å². The summed E-state index contributed by atoms with van der Waals surface area (Å²) in [7, 11) is 0. The molecule has 3 heteroatoms. The predicted octanol–water partition coefficient (Wildman–Crippen LogP) is 8.63. The summed E-state index contributed by atoms with van der Waals surface area (Å²) < 4.78 is 20.0. The highest BCUT2D eigenvalue weighted by Crippen LogP contribution is 2.29. The minimum atomic E-state index is -0.146. The largest absolute Gasteiger partial charge is 0.493 e. The molecule has 0 atom stereocenters. The van der Waals surface area contributed by atoms with Crippen LogP contribution < -0.4 is 10.1 Å². The molecule has 0 aromatic heterocycles. The molecule has 3 aromatic rings. The molecule has 3 aromatic carbocycles. The second-order valence-corrected chi connectivity index (χ2v) is 9.25. The lowest BCUT2D eigenvalue weighted by Gasteiger charge is -2.13. The van der Waals surface area contributed by atoms with Crippen LogP contribution in [0.1, 0.15) is 82.3 Å². The van der Waals surface area contributed by atoms with E-state index in [1.165, 1.54) is 74.8 Å². The van der Waals surface area contributed by atoms with Crippen LogP contribution in [0.2, 0.25) is 0 Å². The molecule has 0 bridgehead atoms. The Kier molecular flexibility index (Phi) is 12.0. The molecular formula is C31H41FNO. The Balaban J connectivity index is 1.39. The van der Waals surface area contributed by atoms with Crippen LogP contribution in [0, 0.1) is 5.82 Å². The van der Waals surface area contributed by atoms with Crippen molar-refractivity contribution in [2.75, 3.05) is 13.2 Å². The topological polar surface area (TPSA) is 23.3 Å². The number of hydrogen-bond acceptors (Lipinski definition) is 1. The molecule has 0 spiro atoms. The highest BCUT2D eigenvalue weighted by atomic mass is 19.1. The second kappa shape index (κ2) is 15.5. The highest BCUT2D eigenvalue weighted by Gasteiger charge is 2.08. The molecule has 1 radical (unpaired) electrons. The molecule has 0 aliphatic rings. The Hall–Kier alpha value is -2.39. The van der Waals surface area contributed by atoms with Gasteiger partial charge in [0.25, 0.3) is 0 Å². The van der Waals surface area contributed by atoms with Crippen molar-refractivity contribution in [2.24, 2.45) is 0 Å². The van der Waals surface area contributed by atoms with Gasteiger partial charge in [-0.15, -0.1) is 0 Å². The predicted molar refractivity (Wildman–Crippen MR) is 142 cm³/mol. The number of nitrogens with zero attached hydrogens (tertiary/aromatic N) is 1. The lowest BCUT2D eigenvalue weighted by Crippen LogP contribution is -2.10. The SMILES string of the molecule is CCCCCCCCCCCCOc1ccc(C[N]CCc2ccccc2F)c2ccccc12. The summed E-state index contributed by atoms with van der Waals surface area (Å²) in [5.74, 6) is 0.814. The average Bonchev–Trinajstić information content (AvgIpc) is 2.87. The molecule has 183 valence electrons. The summed E-state index contributed by atoms with van der Waals surface area (Å²) >= 11 is 0. The number of benzene rings is 3. The molecule has 0 N–H and O–H groups in total. The first-order valence-corrected chi connectivity index (χ1v) is 13.3. The Morgan fingerprint density at radius 2 is 1.32 bits per heavy atom. The van der Waals surface area contributed by atoms with Gasteiger partial charge < -0.3 is 4.74 Å². The van der Waals surface area contributed by atoms with Crippen LogP contribution in [0.4, 0.5) is 4.39 Å². The molecule has 2 nitrogen and oxygen atoms in total. The van der Waals surface area contributed by atoms with E-state index >= 15 is 0 Å². The van der Waals surface area contributed by atoms with Gasteiger partial charge in [-0.05, 0) is 41.5 Å². The van der Waals surface area contributed by atoms with Gasteiger partial charge in [0.1, 0.15) is 11.6 Å². The monoisotopic (exact) mass is 462 g/mol. The van der Waals surface area contributed by atoms with Crippen LogP contribution >= 0.6 is 0 Å². The van der Waals surface area contributed by atoms with E-state index in [9.17, 15) is 4.39 Å². The summed E-state index contributed by atoms with van der Waals surface area (Å²) in [6, 6.07) is 19.6. The van der Waals surface area contributed by atoms with Crippen molar-refractivity contribution in [3.63, 3.8) is 0 Å². The fraction of sp³-hybridized carbons (Fsp3) is 0.484. The van der Waals surface area contributed by atoms with E-state index in [1.54, 1.807) is 6.07 Å². The molecule has 0 saturated heterocycles. The summed E-state index contributed by atoms with van der Waals surface area (Å²) in [4.78, 5) is 0. The quantitative estimate of drug-likeness (QED) is 0.184. The van der Waals surface area contributed by atoms with Gasteiger partial charge in [0.2, 0.25) is 0 Å². The number of ether oxygens (including phenoxy) is 1. The first-order chi connectivity index (χ1) is 16.8. The second-order valence-electron chi connectivity index (χ2n) is 9.25. The number of halogens is 1. The third kappa shape index (κ3) is 8.76. The number of rotatable bonds is 17. The molecular weight excluding hydrogens is 421 g/mol. The van der Waals surface area contributed by atoms with Crippen molar-refractivity contribution >= 4 is 10.8 Å². The average molecular weight is 463 g/mol. The first-order valence-electron chi connectivity index (χ1n) is 13.3. The van der Waals surface area contributed by atoms with Crippen LogP contribution in [-0.4, -0.2) is 13.2 Å². The molecule has 0 saturated carbocycles. The molecule has 3 rings (SSSR count). The minimum Gasteiger partial charge on any atom is -0.493 e. The van der Waals surface area contributed by atoms with Gasteiger partial charge in [-0.2, -0.15) is 0 Å². The van der Waals surface area contributed by atoms with Crippen molar-refractivity contribution in [3.8, 4) is 5.75 Å². The van der Waals surface area contributed by atoms with Gasteiger partial charge in [0.15, 0.2) is 0 Å². The van der Waals surface area contributed by atoms with Gasteiger partial charge in [0, 0.05) is 18.5 Å². The molecule has 0 fully saturated rings. The minimum absolute atomic E-state index is 0.146. The lowest BCUT2D eigenvalue weighted by atomic mass is 10.0. The summed E-state index contributed by atoms with van der Waals surface area (Å²) in [5, 5.41) is 7.02. The normalized spacial score (nSPS) is 11.2. The molecule has 34 heavy (non-hydrogen) atoms. The third-order valence-corrected chi connectivity index (χ3v) is 6.51. The maximum atomic E-state index is 13.8. The van der Waals surface area contributed by atoms with Crippen molar-refractivity contribution in [1.29, 1.82) is 0 Å². The smallest absolute Gasteiger partial charge is 0.127 e. The lowest BCUT2D eigenvalue weighted by molar-refractivity contribution is 0.307. The molecule has 0 unspecified atom stereocenters. The van der Waals surface area contributed by atoms with Crippen LogP contribution in [0.3, 0.4) is 0 Å². The van der Waals surface area contributed by atoms with E-state index in [4.69, 9.17) is 4.74 Å². The van der Waals surface area contributed by atoms with Gasteiger partial charge in [-0.25, -0.2) is 9.71 Å². The van der Waals surface area contributed by atoms with Crippen molar-refractivity contribution in [3.05, 3.63) is 77.6 Å².